The van der Waals surface area contributed by atoms with Crippen LogP contribution in [-0.4, -0.2) is 60.7 Å². The molecule has 0 N–H and O–H groups in total. The van der Waals surface area contributed by atoms with Gasteiger partial charge in [0.1, 0.15) is 5.65 Å². The normalized spacial score (nSPS) is 11.1. The van der Waals surface area contributed by atoms with Crippen LogP contribution in [0.1, 0.15) is 28.7 Å². The maximum absolute atomic E-state index is 12.8. The summed E-state index contributed by atoms with van der Waals surface area (Å²) >= 11 is 0. The molecule has 0 aliphatic heterocycles. The van der Waals surface area contributed by atoms with E-state index in [1.165, 1.54) is 0 Å². The van der Waals surface area contributed by atoms with Crippen LogP contribution in [0.25, 0.3) is 5.65 Å². The van der Waals surface area contributed by atoms with Crippen molar-refractivity contribution in [2.45, 2.75) is 20.3 Å². The highest BCUT2D eigenvalue weighted by atomic mass is 16.5. The van der Waals surface area contributed by atoms with Crippen molar-refractivity contribution < 1.29 is 14.3 Å². The molecule has 2 aromatic rings. The molecule has 0 unspecified atom stereocenters. The molecule has 6 heteroatoms. The minimum absolute atomic E-state index is 0.0212. The summed E-state index contributed by atoms with van der Waals surface area (Å²) in [7, 11) is 3.26. The van der Waals surface area contributed by atoms with Gasteiger partial charge in [0.2, 0.25) is 0 Å². The number of aryl methyl sites for hydroxylation is 2. The van der Waals surface area contributed by atoms with E-state index in [9.17, 15) is 4.79 Å². The zero-order valence-electron chi connectivity index (χ0n) is 14.3. The van der Waals surface area contributed by atoms with E-state index in [-0.39, 0.29) is 5.91 Å². The van der Waals surface area contributed by atoms with Crippen LogP contribution in [0.2, 0.25) is 0 Å². The number of ether oxygens (including phenoxy) is 2. The quantitative estimate of drug-likeness (QED) is 0.746. The summed E-state index contributed by atoms with van der Waals surface area (Å²) in [6.07, 6.45) is 2.75. The highest BCUT2D eigenvalue weighted by Crippen LogP contribution is 2.15. The third-order valence-electron chi connectivity index (χ3n) is 3.96. The first-order chi connectivity index (χ1) is 11.1. The molecule has 0 aliphatic rings. The lowest BCUT2D eigenvalue weighted by atomic mass is 10.2. The maximum Gasteiger partial charge on any atom is 0.255 e. The second-order valence-corrected chi connectivity index (χ2v) is 5.42. The van der Waals surface area contributed by atoms with Crippen LogP contribution in [-0.2, 0) is 15.9 Å². The summed E-state index contributed by atoms with van der Waals surface area (Å²) in [6, 6.07) is 3.72. The summed E-state index contributed by atoms with van der Waals surface area (Å²) in [6.45, 7) is 6.20. The number of aromatic nitrogens is 2. The fraction of sp³-hybridized carbons (Fsp3) is 0.529. The van der Waals surface area contributed by atoms with Crippen molar-refractivity contribution in [3.63, 3.8) is 0 Å². The Labute approximate surface area is 137 Å². The minimum atomic E-state index is -0.0212. The Hall–Kier alpha value is -1.92. The Bertz CT molecular complexity index is 658. The molecular weight excluding hydrogens is 294 g/mol. The SMILES string of the molecule is CCc1nc2ccc(C(=O)N(CCOC)CCOC)cn2c1C. The number of methoxy groups -OCH3 is 2. The first-order valence-electron chi connectivity index (χ1n) is 7.87. The third kappa shape index (κ3) is 3.89. The van der Waals surface area contributed by atoms with E-state index in [1.807, 2.05) is 29.7 Å². The number of hydrogen-bond acceptors (Lipinski definition) is 4. The predicted molar refractivity (Wildman–Crippen MR) is 89.0 cm³/mol. The molecule has 6 nitrogen and oxygen atoms in total. The van der Waals surface area contributed by atoms with Crippen molar-refractivity contribution in [3.8, 4) is 0 Å². The van der Waals surface area contributed by atoms with Gasteiger partial charge in [-0.05, 0) is 25.5 Å². The Balaban J connectivity index is 2.28. The molecule has 126 valence electrons. The molecule has 2 rings (SSSR count). The second kappa shape index (κ2) is 8.08. The molecule has 1 amide bonds. The third-order valence-corrected chi connectivity index (χ3v) is 3.96. The number of imidazole rings is 1. The largest absolute Gasteiger partial charge is 0.383 e. The summed E-state index contributed by atoms with van der Waals surface area (Å²) in [5.74, 6) is -0.0212. The van der Waals surface area contributed by atoms with E-state index < -0.39 is 0 Å². The lowest BCUT2D eigenvalue weighted by molar-refractivity contribution is 0.0627. The van der Waals surface area contributed by atoms with Crippen LogP contribution in [0.5, 0.6) is 0 Å². The molecule has 0 aliphatic carbocycles. The molecule has 0 atom stereocenters. The van der Waals surface area contributed by atoms with Crippen molar-refractivity contribution in [1.29, 1.82) is 0 Å². The van der Waals surface area contributed by atoms with E-state index >= 15 is 0 Å². The smallest absolute Gasteiger partial charge is 0.255 e. The second-order valence-electron chi connectivity index (χ2n) is 5.42. The van der Waals surface area contributed by atoms with E-state index in [1.54, 1.807) is 19.1 Å². The van der Waals surface area contributed by atoms with Gasteiger partial charge in [0, 0.05) is 39.2 Å². The average Bonchev–Trinajstić information content (AvgIpc) is 2.90. The van der Waals surface area contributed by atoms with Gasteiger partial charge in [-0.15, -0.1) is 0 Å². The number of fused-ring (bicyclic) bond motifs is 1. The van der Waals surface area contributed by atoms with Gasteiger partial charge in [0.05, 0.1) is 24.5 Å². The van der Waals surface area contributed by atoms with Gasteiger partial charge in [-0.3, -0.25) is 4.79 Å². The molecule has 0 aromatic carbocycles. The zero-order chi connectivity index (χ0) is 16.8. The van der Waals surface area contributed by atoms with E-state index in [0.717, 1.165) is 23.5 Å². The molecule has 0 saturated heterocycles. The Morgan fingerprint density at radius 1 is 1.22 bits per heavy atom. The maximum atomic E-state index is 12.8. The van der Waals surface area contributed by atoms with Crippen LogP contribution < -0.4 is 0 Å². The zero-order valence-corrected chi connectivity index (χ0v) is 14.3. The summed E-state index contributed by atoms with van der Waals surface area (Å²) < 4.78 is 12.2. The number of hydrogen-bond donors (Lipinski definition) is 0. The number of carbonyl (C=O) groups is 1. The molecule has 23 heavy (non-hydrogen) atoms. The van der Waals surface area contributed by atoms with Crippen molar-refractivity contribution in [3.05, 3.63) is 35.3 Å². The Morgan fingerprint density at radius 3 is 2.43 bits per heavy atom. The molecule has 2 heterocycles. The van der Waals surface area contributed by atoms with Crippen molar-refractivity contribution in [2.24, 2.45) is 0 Å². The first kappa shape index (κ1) is 17.4. The van der Waals surface area contributed by atoms with Crippen LogP contribution in [0.3, 0.4) is 0 Å². The van der Waals surface area contributed by atoms with E-state index in [4.69, 9.17) is 9.47 Å². The molecule has 0 spiro atoms. The molecule has 0 saturated carbocycles. The Morgan fingerprint density at radius 2 is 1.87 bits per heavy atom. The standard InChI is InChI=1S/C17H25N3O3/c1-5-15-13(2)20-12-14(6-7-16(20)18-15)17(21)19(8-10-22-3)9-11-23-4/h6-7,12H,5,8-11H2,1-4H3. The number of rotatable bonds is 8. The molecular formula is C17H25N3O3. The summed E-state index contributed by atoms with van der Waals surface area (Å²) in [5, 5.41) is 0. The van der Waals surface area contributed by atoms with E-state index in [2.05, 4.69) is 11.9 Å². The van der Waals surface area contributed by atoms with Gasteiger partial charge in [0.15, 0.2) is 0 Å². The minimum Gasteiger partial charge on any atom is -0.383 e. The highest BCUT2D eigenvalue weighted by molar-refractivity contribution is 5.94. The van der Waals surface area contributed by atoms with Crippen molar-refractivity contribution >= 4 is 11.6 Å². The van der Waals surface area contributed by atoms with Gasteiger partial charge in [-0.1, -0.05) is 6.92 Å². The Kier molecular flexibility index (Phi) is 6.12. The number of nitrogens with zero attached hydrogens (tertiary/aromatic N) is 3. The number of pyridine rings is 1. The van der Waals surface area contributed by atoms with Crippen LogP contribution in [0.15, 0.2) is 18.3 Å². The summed E-state index contributed by atoms with van der Waals surface area (Å²) in [5.41, 5.74) is 3.66. The molecule has 0 bridgehead atoms. The van der Waals surface area contributed by atoms with Crippen LogP contribution in [0, 0.1) is 6.92 Å². The number of amides is 1. The molecule has 2 aromatic heterocycles. The predicted octanol–water partition coefficient (Wildman–Crippen LogP) is 1.94. The van der Waals surface area contributed by atoms with Gasteiger partial charge >= 0.3 is 0 Å². The average molecular weight is 319 g/mol. The van der Waals surface area contributed by atoms with Gasteiger partial charge in [-0.2, -0.15) is 0 Å². The monoisotopic (exact) mass is 319 g/mol. The number of carbonyl (C=O) groups excluding carboxylic acids is 1. The van der Waals surface area contributed by atoms with Crippen LogP contribution in [0.4, 0.5) is 0 Å². The topological polar surface area (TPSA) is 56.1 Å². The molecule has 0 radical (unpaired) electrons. The first-order valence-corrected chi connectivity index (χ1v) is 7.87. The van der Waals surface area contributed by atoms with Gasteiger partial charge in [-0.25, -0.2) is 4.98 Å². The lowest BCUT2D eigenvalue weighted by Gasteiger charge is -2.22. The van der Waals surface area contributed by atoms with Crippen molar-refractivity contribution in [2.75, 3.05) is 40.5 Å². The van der Waals surface area contributed by atoms with Gasteiger partial charge in [0.25, 0.3) is 5.91 Å². The fourth-order valence-corrected chi connectivity index (χ4v) is 2.57. The van der Waals surface area contributed by atoms with Crippen molar-refractivity contribution in [1.82, 2.24) is 14.3 Å². The van der Waals surface area contributed by atoms with Gasteiger partial charge < -0.3 is 18.8 Å². The fourth-order valence-electron chi connectivity index (χ4n) is 2.57. The van der Waals surface area contributed by atoms with Crippen LogP contribution >= 0.6 is 0 Å². The summed E-state index contributed by atoms with van der Waals surface area (Å²) in [4.78, 5) is 19.1. The molecule has 0 fully saturated rings. The highest BCUT2D eigenvalue weighted by Gasteiger charge is 2.17. The van der Waals surface area contributed by atoms with E-state index in [0.29, 0.717) is 31.9 Å². The lowest BCUT2D eigenvalue weighted by Crippen LogP contribution is -2.36.